The van der Waals surface area contributed by atoms with Crippen LogP contribution in [0.15, 0.2) is 24.5 Å². The second-order valence-electron chi connectivity index (χ2n) is 3.83. The van der Waals surface area contributed by atoms with Crippen LogP contribution in [0.4, 0.5) is 4.79 Å². The molecule has 0 fully saturated rings. The van der Waals surface area contributed by atoms with E-state index in [1.54, 1.807) is 17.1 Å². The highest BCUT2D eigenvalue weighted by Crippen LogP contribution is 2.05. The fourth-order valence-corrected chi connectivity index (χ4v) is 0.823. The Morgan fingerprint density at radius 1 is 1.29 bits per heavy atom. The molecular weight excluding hydrogens is 182 g/mol. The van der Waals surface area contributed by atoms with Crippen LogP contribution in [0.2, 0.25) is 0 Å². The van der Waals surface area contributed by atoms with E-state index in [0.717, 1.165) is 0 Å². The van der Waals surface area contributed by atoms with E-state index in [0.29, 0.717) is 0 Å². The van der Waals surface area contributed by atoms with Crippen LogP contribution < -0.4 is 11.0 Å². The number of rotatable bonds is 2. The first-order chi connectivity index (χ1) is 6.47. The molecule has 5 nitrogen and oxygen atoms in total. The summed E-state index contributed by atoms with van der Waals surface area (Å²) in [6, 6.07) is 3.67. The van der Waals surface area contributed by atoms with Crippen molar-refractivity contribution in [3.8, 4) is 0 Å². The van der Waals surface area contributed by atoms with Crippen molar-refractivity contribution in [3.05, 3.63) is 24.5 Å². The average molecular weight is 197 g/mol. The number of hydrogen-bond acceptors (Lipinski definition) is 3. The van der Waals surface area contributed by atoms with Gasteiger partial charge in [-0.2, -0.15) is 0 Å². The number of hydrogen-bond donors (Lipinski definition) is 2. The zero-order valence-corrected chi connectivity index (χ0v) is 8.57. The van der Waals surface area contributed by atoms with Crippen molar-refractivity contribution in [3.63, 3.8) is 0 Å². The lowest BCUT2D eigenvalue weighted by molar-refractivity contribution is 0.0533. The summed E-state index contributed by atoms with van der Waals surface area (Å²) < 4.78 is 6.61. The highest BCUT2D eigenvalue weighted by atomic mass is 16.6. The molecule has 0 aliphatic heterocycles. The fourth-order valence-electron chi connectivity index (χ4n) is 0.823. The van der Waals surface area contributed by atoms with Gasteiger partial charge in [-0.05, 0) is 32.9 Å². The lowest BCUT2D eigenvalue weighted by Crippen LogP contribution is -2.39. The van der Waals surface area contributed by atoms with E-state index in [2.05, 4.69) is 11.0 Å². The highest BCUT2D eigenvalue weighted by Gasteiger charge is 2.15. The number of hydrazine groups is 1. The Morgan fingerprint density at radius 3 is 2.36 bits per heavy atom. The molecule has 0 aromatic carbocycles. The zero-order chi connectivity index (χ0) is 10.6. The van der Waals surface area contributed by atoms with E-state index < -0.39 is 11.7 Å². The van der Waals surface area contributed by atoms with E-state index in [-0.39, 0.29) is 0 Å². The molecule has 14 heavy (non-hydrogen) atoms. The molecule has 1 aromatic heterocycles. The van der Waals surface area contributed by atoms with Crippen molar-refractivity contribution < 1.29 is 9.53 Å². The summed E-state index contributed by atoms with van der Waals surface area (Å²) in [5, 5.41) is 0. The SMILES string of the molecule is CC(C)(C)OC(=O)NNn1cccc1. The van der Waals surface area contributed by atoms with Crippen LogP contribution in [0.3, 0.4) is 0 Å². The Labute approximate surface area is 83.0 Å². The van der Waals surface area contributed by atoms with Gasteiger partial charge in [-0.15, -0.1) is 0 Å². The van der Waals surface area contributed by atoms with E-state index in [1.165, 1.54) is 0 Å². The summed E-state index contributed by atoms with van der Waals surface area (Å²) in [5.41, 5.74) is 4.55. The molecule has 0 saturated heterocycles. The molecular formula is C9H15N3O2. The van der Waals surface area contributed by atoms with Crippen molar-refractivity contribution in [1.82, 2.24) is 10.1 Å². The minimum Gasteiger partial charge on any atom is -0.443 e. The third-order valence-corrected chi connectivity index (χ3v) is 1.29. The van der Waals surface area contributed by atoms with Crippen molar-refractivity contribution in [2.24, 2.45) is 0 Å². The van der Waals surface area contributed by atoms with E-state index in [4.69, 9.17) is 4.74 Å². The summed E-state index contributed by atoms with van der Waals surface area (Å²) >= 11 is 0. The Hall–Kier alpha value is -1.65. The molecule has 0 atom stereocenters. The molecule has 5 heteroatoms. The monoisotopic (exact) mass is 197 g/mol. The number of amides is 1. The van der Waals surface area contributed by atoms with E-state index in [1.807, 2.05) is 32.9 Å². The van der Waals surface area contributed by atoms with E-state index >= 15 is 0 Å². The number of aromatic nitrogens is 1. The Morgan fingerprint density at radius 2 is 1.86 bits per heavy atom. The first kappa shape index (κ1) is 10.4. The smallest absolute Gasteiger partial charge is 0.427 e. The van der Waals surface area contributed by atoms with Gasteiger partial charge in [0.15, 0.2) is 0 Å². The molecule has 1 rings (SSSR count). The first-order valence-corrected chi connectivity index (χ1v) is 4.35. The van der Waals surface area contributed by atoms with Gasteiger partial charge in [0.2, 0.25) is 0 Å². The van der Waals surface area contributed by atoms with Gasteiger partial charge in [-0.3, -0.25) is 4.68 Å². The summed E-state index contributed by atoms with van der Waals surface area (Å²) in [5.74, 6) is 0. The lowest BCUT2D eigenvalue weighted by atomic mass is 10.2. The molecule has 78 valence electrons. The molecule has 0 aliphatic rings. The van der Waals surface area contributed by atoms with Crippen LogP contribution in [0, 0.1) is 0 Å². The summed E-state index contributed by atoms with van der Waals surface area (Å²) in [4.78, 5) is 11.1. The normalized spacial score (nSPS) is 10.8. The topological polar surface area (TPSA) is 55.3 Å². The molecule has 1 heterocycles. The molecule has 2 N–H and O–H groups in total. The summed E-state index contributed by atoms with van der Waals surface area (Å²) in [6.45, 7) is 5.42. The number of carbonyl (C=O) groups is 1. The molecule has 0 saturated carbocycles. The average Bonchev–Trinajstić information content (AvgIpc) is 2.49. The predicted molar refractivity (Wildman–Crippen MR) is 53.2 cm³/mol. The maximum atomic E-state index is 11.1. The van der Waals surface area contributed by atoms with Gasteiger partial charge in [0.1, 0.15) is 5.60 Å². The van der Waals surface area contributed by atoms with Crippen LogP contribution in [-0.2, 0) is 4.74 Å². The molecule has 0 unspecified atom stereocenters. The number of ether oxygens (including phenoxy) is 1. The van der Waals surface area contributed by atoms with Crippen LogP contribution in [0.1, 0.15) is 20.8 Å². The van der Waals surface area contributed by atoms with Gasteiger partial charge in [0.05, 0.1) is 0 Å². The molecule has 0 aliphatic carbocycles. The maximum Gasteiger partial charge on any atom is 0.427 e. The maximum absolute atomic E-state index is 11.1. The Kier molecular flexibility index (Phi) is 3.01. The van der Waals surface area contributed by atoms with Gasteiger partial charge in [-0.1, -0.05) is 0 Å². The molecule has 1 aromatic rings. The standard InChI is InChI=1S/C9H15N3O2/c1-9(2,3)14-8(13)10-11-12-6-4-5-7-12/h4-7,11H,1-3H3,(H,10,13). The number of nitrogens with zero attached hydrogens (tertiary/aromatic N) is 1. The van der Waals surface area contributed by atoms with Crippen LogP contribution in [0.5, 0.6) is 0 Å². The van der Waals surface area contributed by atoms with Crippen LogP contribution >= 0.6 is 0 Å². The minimum atomic E-state index is -0.508. The Balaban J connectivity index is 2.29. The van der Waals surface area contributed by atoms with Gasteiger partial charge < -0.3 is 4.74 Å². The Bertz CT molecular complexity index is 288. The third kappa shape index (κ3) is 3.84. The lowest BCUT2D eigenvalue weighted by Gasteiger charge is -2.20. The predicted octanol–water partition coefficient (Wildman–Crippen LogP) is 1.47. The van der Waals surface area contributed by atoms with E-state index in [9.17, 15) is 4.79 Å². The molecule has 0 spiro atoms. The molecule has 0 radical (unpaired) electrons. The largest absolute Gasteiger partial charge is 0.443 e. The second kappa shape index (κ2) is 4.04. The summed E-state index contributed by atoms with van der Waals surface area (Å²) in [6.07, 6.45) is 3.01. The zero-order valence-electron chi connectivity index (χ0n) is 8.57. The van der Waals surface area contributed by atoms with Gasteiger partial charge in [-0.25, -0.2) is 15.8 Å². The highest BCUT2D eigenvalue weighted by molar-refractivity contribution is 5.67. The van der Waals surface area contributed by atoms with Crippen molar-refractivity contribution >= 4 is 6.09 Å². The van der Waals surface area contributed by atoms with Crippen molar-refractivity contribution in [2.75, 3.05) is 5.53 Å². The van der Waals surface area contributed by atoms with Crippen LogP contribution in [0.25, 0.3) is 0 Å². The second-order valence-corrected chi connectivity index (χ2v) is 3.83. The van der Waals surface area contributed by atoms with Crippen molar-refractivity contribution in [2.45, 2.75) is 26.4 Å². The minimum absolute atomic E-state index is 0.484. The first-order valence-electron chi connectivity index (χ1n) is 4.35. The third-order valence-electron chi connectivity index (χ3n) is 1.29. The van der Waals surface area contributed by atoms with Gasteiger partial charge in [0, 0.05) is 12.4 Å². The van der Waals surface area contributed by atoms with Gasteiger partial charge >= 0.3 is 6.09 Å². The molecule has 1 amide bonds. The quantitative estimate of drug-likeness (QED) is 0.706. The number of nitrogens with one attached hydrogen (secondary N) is 2. The molecule has 0 bridgehead atoms. The van der Waals surface area contributed by atoms with Crippen LogP contribution in [-0.4, -0.2) is 16.4 Å². The van der Waals surface area contributed by atoms with Gasteiger partial charge in [0.25, 0.3) is 0 Å². The summed E-state index contributed by atoms with van der Waals surface area (Å²) in [7, 11) is 0. The fraction of sp³-hybridized carbons (Fsp3) is 0.444. The van der Waals surface area contributed by atoms with Crippen molar-refractivity contribution in [1.29, 1.82) is 0 Å². The number of carbonyl (C=O) groups excluding carboxylic acids is 1.